The van der Waals surface area contributed by atoms with E-state index in [2.05, 4.69) is 15.0 Å². The summed E-state index contributed by atoms with van der Waals surface area (Å²) in [5.74, 6) is 0.0155. The van der Waals surface area contributed by atoms with E-state index in [9.17, 15) is 13.2 Å². The number of amides is 1. The first kappa shape index (κ1) is 20.4. The van der Waals surface area contributed by atoms with Gasteiger partial charge in [0.05, 0.1) is 10.7 Å². The van der Waals surface area contributed by atoms with Gasteiger partial charge in [0.2, 0.25) is 5.91 Å². The van der Waals surface area contributed by atoms with Gasteiger partial charge in [-0.3, -0.25) is 9.52 Å². The number of nitrogens with one attached hydrogen (secondary N) is 2. The molecule has 1 unspecified atom stereocenters. The van der Waals surface area contributed by atoms with Crippen molar-refractivity contribution in [2.24, 2.45) is 0 Å². The third-order valence-corrected chi connectivity index (χ3v) is 7.64. The summed E-state index contributed by atoms with van der Waals surface area (Å²) in [4.78, 5) is 17.0. The van der Waals surface area contributed by atoms with E-state index in [0.717, 1.165) is 17.0 Å². The third kappa shape index (κ3) is 4.56. The van der Waals surface area contributed by atoms with Crippen LogP contribution in [0, 0.1) is 6.92 Å². The van der Waals surface area contributed by atoms with Crippen molar-refractivity contribution in [1.29, 1.82) is 0 Å². The van der Waals surface area contributed by atoms with Gasteiger partial charge in [0.1, 0.15) is 4.90 Å². The molecule has 1 aliphatic carbocycles. The fraction of sp³-hybridized carbons (Fsp3) is 0.412. The largest absolute Gasteiger partial charge is 0.353 e. The van der Waals surface area contributed by atoms with Crippen LogP contribution in [0.5, 0.6) is 0 Å². The first-order chi connectivity index (χ1) is 12.7. The number of nitrogens with zero attached hydrogens (tertiary/aromatic N) is 1. The lowest BCUT2D eigenvalue weighted by Crippen LogP contribution is -2.38. The normalized spacial score (nSPS) is 16.7. The molecule has 146 valence electrons. The minimum absolute atomic E-state index is 0.00479. The highest BCUT2D eigenvalue weighted by Crippen LogP contribution is 2.34. The van der Waals surface area contributed by atoms with Crippen LogP contribution in [0.25, 0.3) is 0 Å². The molecule has 3 rings (SSSR count). The highest BCUT2D eigenvalue weighted by atomic mass is 35.5. The number of sulfonamides is 1. The van der Waals surface area contributed by atoms with Gasteiger partial charge in [0.25, 0.3) is 10.0 Å². The fourth-order valence-corrected chi connectivity index (χ4v) is 6.58. The first-order valence-corrected chi connectivity index (χ1v) is 11.5. The molecule has 1 amide bonds. The predicted molar refractivity (Wildman–Crippen MR) is 108 cm³/mol. The van der Waals surface area contributed by atoms with E-state index in [4.69, 9.17) is 23.2 Å². The third-order valence-electron chi connectivity index (χ3n) is 4.31. The molecule has 10 heteroatoms. The zero-order valence-electron chi connectivity index (χ0n) is 14.8. The number of hydrogen-bond acceptors (Lipinski definition) is 5. The summed E-state index contributed by atoms with van der Waals surface area (Å²) in [5.41, 5.74) is 1.34. The molecule has 1 aromatic carbocycles. The Labute approximate surface area is 172 Å². The molecule has 0 bridgehead atoms. The second-order valence-corrected chi connectivity index (χ2v) is 9.94. The summed E-state index contributed by atoms with van der Waals surface area (Å²) in [6, 6.07) is 3.01. The molecule has 0 radical (unpaired) electrons. The topological polar surface area (TPSA) is 88.2 Å². The van der Waals surface area contributed by atoms with Crippen LogP contribution in [-0.4, -0.2) is 25.4 Å². The van der Waals surface area contributed by atoms with Crippen molar-refractivity contribution < 1.29 is 13.2 Å². The molecular weight excluding hydrogens is 429 g/mol. The van der Waals surface area contributed by atoms with Crippen LogP contribution < -0.4 is 10.0 Å². The van der Waals surface area contributed by atoms with E-state index in [1.165, 1.54) is 17.4 Å². The predicted octanol–water partition coefficient (Wildman–Crippen LogP) is 3.94. The van der Waals surface area contributed by atoms with E-state index >= 15 is 0 Å². The maximum absolute atomic E-state index is 12.8. The SMILES string of the molecule is CCC(=O)NC1CCc2nc(NS(=O)(=O)c3c(C)cc(Cl)cc3Cl)sc2C1. The van der Waals surface area contributed by atoms with Crippen LogP contribution in [-0.2, 0) is 27.7 Å². The molecule has 0 saturated heterocycles. The van der Waals surface area contributed by atoms with Crippen LogP contribution in [0.3, 0.4) is 0 Å². The molecule has 1 heterocycles. The Morgan fingerprint density at radius 3 is 2.78 bits per heavy atom. The number of rotatable bonds is 5. The Kier molecular flexibility index (Phi) is 6.00. The number of carbonyl (C=O) groups excluding carboxylic acids is 1. The van der Waals surface area contributed by atoms with Crippen molar-refractivity contribution in [3.63, 3.8) is 0 Å². The molecule has 0 spiro atoms. The summed E-state index contributed by atoms with van der Waals surface area (Å²) in [5, 5.41) is 3.73. The number of fused-ring (bicyclic) bond motifs is 1. The first-order valence-electron chi connectivity index (χ1n) is 8.46. The van der Waals surface area contributed by atoms with Gasteiger partial charge in [-0.15, -0.1) is 11.3 Å². The highest BCUT2D eigenvalue weighted by Gasteiger charge is 2.27. The molecular formula is C17H19Cl2N3O3S2. The Hall–Kier alpha value is -1.35. The minimum Gasteiger partial charge on any atom is -0.353 e. The Morgan fingerprint density at radius 1 is 1.37 bits per heavy atom. The van der Waals surface area contributed by atoms with E-state index in [1.54, 1.807) is 13.0 Å². The van der Waals surface area contributed by atoms with Gasteiger partial charge in [0.15, 0.2) is 5.13 Å². The molecule has 0 saturated carbocycles. The molecule has 1 aromatic heterocycles. The van der Waals surface area contributed by atoms with E-state index in [0.29, 0.717) is 35.0 Å². The number of aromatic nitrogens is 1. The lowest BCUT2D eigenvalue weighted by Gasteiger charge is -2.21. The zero-order valence-corrected chi connectivity index (χ0v) is 17.9. The van der Waals surface area contributed by atoms with Crippen molar-refractivity contribution in [3.05, 3.63) is 38.3 Å². The second-order valence-electron chi connectivity index (χ2n) is 6.39. The van der Waals surface area contributed by atoms with Crippen molar-refractivity contribution in [3.8, 4) is 0 Å². The summed E-state index contributed by atoms with van der Waals surface area (Å²) >= 11 is 13.3. The molecule has 0 aliphatic heterocycles. The number of thiazole rings is 1. The number of benzene rings is 1. The van der Waals surface area contributed by atoms with Gasteiger partial charge in [-0.2, -0.15) is 0 Å². The molecule has 1 atom stereocenters. The number of aryl methyl sites for hydroxylation is 2. The van der Waals surface area contributed by atoms with Crippen LogP contribution in [0.4, 0.5) is 5.13 Å². The van der Waals surface area contributed by atoms with Crippen LogP contribution >= 0.6 is 34.5 Å². The van der Waals surface area contributed by atoms with Crippen molar-refractivity contribution in [1.82, 2.24) is 10.3 Å². The van der Waals surface area contributed by atoms with E-state index in [1.807, 2.05) is 6.92 Å². The van der Waals surface area contributed by atoms with Crippen LogP contribution in [0.1, 0.15) is 35.9 Å². The fourth-order valence-electron chi connectivity index (χ4n) is 3.07. The molecule has 2 aromatic rings. The molecule has 2 N–H and O–H groups in total. The van der Waals surface area contributed by atoms with Crippen molar-refractivity contribution in [2.45, 2.75) is 50.5 Å². The van der Waals surface area contributed by atoms with Crippen LogP contribution in [0.2, 0.25) is 10.0 Å². The number of halogens is 2. The lowest BCUT2D eigenvalue weighted by atomic mass is 9.97. The Balaban J connectivity index is 1.81. The molecule has 0 fully saturated rings. The number of carbonyl (C=O) groups is 1. The highest BCUT2D eigenvalue weighted by molar-refractivity contribution is 7.93. The van der Waals surface area contributed by atoms with Crippen LogP contribution in [0.15, 0.2) is 17.0 Å². The van der Waals surface area contributed by atoms with Gasteiger partial charge in [0, 0.05) is 28.8 Å². The van der Waals surface area contributed by atoms with E-state index in [-0.39, 0.29) is 21.9 Å². The number of anilines is 1. The average molecular weight is 448 g/mol. The van der Waals surface area contributed by atoms with Gasteiger partial charge >= 0.3 is 0 Å². The lowest BCUT2D eigenvalue weighted by molar-refractivity contribution is -0.121. The summed E-state index contributed by atoms with van der Waals surface area (Å²) < 4.78 is 28.1. The second kappa shape index (κ2) is 7.95. The monoisotopic (exact) mass is 447 g/mol. The van der Waals surface area contributed by atoms with Gasteiger partial charge in [-0.1, -0.05) is 30.1 Å². The van der Waals surface area contributed by atoms with E-state index < -0.39 is 10.0 Å². The van der Waals surface area contributed by atoms with Gasteiger partial charge in [-0.05, 0) is 37.5 Å². The minimum atomic E-state index is -3.89. The standard InChI is InChI=1S/C17H19Cl2N3O3S2/c1-3-15(23)20-11-4-5-13-14(8-11)26-17(21-13)22-27(24,25)16-9(2)6-10(18)7-12(16)19/h6-7,11H,3-5,8H2,1-2H3,(H,20,23)(H,21,22). The Morgan fingerprint density at radius 2 is 2.11 bits per heavy atom. The molecule has 6 nitrogen and oxygen atoms in total. The maximum Gasteiger partial charge on any atom is 0.265 e. The average Bonchev–Trinajstić information content (AvgIpc) is 2.93. The van der Waals surface area contributed by atoms with Crippen molar-refractivity contribution in [2.75, 3.05) is 4.72 Å². The van der Waals surface area contributed by atoms with Gasteiger partial charge < -0.3 is 5.32 Å². The smallest absolute Gasteiger partial charge is 0.265 e. The summed E-state index contributed by atoms with van der Waals surface area (Å²) in [6.45, 7) is 3.45. The Bertz CT molecular complexity index is 966. The van der Waals surface area contributed by atoms with Crippen molar-refractivity contribution >= 4 is 55.6 Å². The quantitative estimate of drug-likeness (QED) is 0.725. The number of hydrogen-bond donors (Lipinski definition) is 2. The van der Waals surface area contributed by atoms with Gasteiger partial charge in [-0.25, -0.2) is 13.4 Å². The zero-order chi connectivity index (χ0) is 19.8. The molecule has 27 heavy (non-hydrogen) atoms. The summed E-state index contributed by atoms with van der Waals surface area (Å²) in [6.07, 6.45) is 2.58. The maximum atomic E-state index is 12.8. The summed E-state index contributed by atoms with van der Waals surface area (Å²) in [7, 11) is -3.89. The molecule has 1 aliphatic rings.